The average molecular weight is 516 g/mol. The van der Waals surface area contributed by atoms with Crippen LogP contribution in [0.4, 0.5) is 28.3 Å². The van der Waals surface area contributed by atoms with Gasteiger partial charge in [0, 0.05) is 55.7 Å². The fourth-order valence-electron chi connectivity index (χ4n) is 4.37. The molecule has 0 bridgehead atoms. The molecule has 1 aromatic heterocycles. The van der Waals surface area contributed by atoms with Crippen LogP contribution in [0.15, 0.2) is 22.7 Å². The predicted molar refractivity (Wildman–Crippen MR) is 120 cm³/mol. The molecular weight excluding hydrogens is 486 g/mol. The van der Waals surface area contributed by atoms with Gasteiger partial charge in [0.25, 0.3) is 5.95 Å². The molecule has 2 N–H and O–H groups in total. The van der Waals surface area contributed by atoms with Crippen molar-refractivity contribution in [1.82, 2.24) is 20.4 Å². The van der Waals surface area contributed by atoms with Gasteiger partial charge >= 0.3 is 12.4 Å². The number of carbonyl (C=O) groups is 1. The van der Waals surface area contributed by atoms with Gasteiger partial charge in [-0.3, -0.25) is 0 Å². The Bertz CT molecular complexity index is 1060. The van der Waals surface area contributed by atoms with Gasteiger partial charge in [-0.2, -0.15) is 4.98 Å². The van der Waals surface area contributed by atoms with Crippen molar-refractivity contribution in [2.24, 2.45) is 5.92 Å². The van der Waals surface area contributed by atoms with Gasteiger partial charge in [0.15, 0.2) is 0 Å². The maximum Gasteiger partial charge on any atom is 0.573 e. The fraction of sp³-hybridized carbons (Fsp3) is 0.609. The van der Waals surface area contributed by atoms with Crippen LogP contribution >= 0.6 is 0 Å². The molecule has 0 radical (unpaired) electrons. The Morgan fingerprint density at radius 3 is 2.64 bits per heavy atom. The molecule has 198 valence electrons. The highest BCUT2D eigenvalue weighted by atomic mass is 19.4. The van der Waals surface area contributed by atoms with Crippen LogP contribution in [0.2, 0.25) is 0 Å². The number of aliphatic hydroxyl groups is 1. The smallest absolute Gasteiger partial charge is 0.406 e. The molecule has 1 aliphatic heterocycles. The summed E-state index contributed by atoms with van der Waals surface area (Å²) >= 11 is 0. The van der Waals surface area contributed by atoms with E-state index in [1.165, 1.54) is 0 Å². The summed E-state index contributed by atoms with van der Waals surface area (Å²) in [4.78, 5) is 21.2. The molecular formula is C23H29F4N5O4. The van der Waals surface area contributed by atoms with E-state index in [1.54, 1.807) is 4.90 Å². The summed E-state index contributed by atoms with van der Waals surface area (Å²) in [5, 5.41) is 16.6. The third kappa shape index (κ3) is 6.37. The number of carbonyl (C=O) groups excluding carboxylic acids is 1. The lowest BCUT2D eigenvalue weighted by Gasteiger charge is -2.42. The van der Waals surface area contributed by atoms with E-state index in [0.29, 0.717) is 37.4 Å². The summed E-state index contributed by atoms with van der Waals surface area (Å²) < 4.78 is 60.5. The van der Waals surface area contributed by atoms with E-state index in [-0.39, 0.29) is 42.6 Å². The first-order valence-corrected chi connectivity index (χ1v) is 11.8. The van der Waals surface area contributed by atoms with Crippen LogP contribution in [0.3, 0.4) is 0 Å². The minimum Gasteiger partial charge on any atom is -0.406 e. The minimum absolute atomic E-state index is 0.0122. The minimum atomic E-state index is -4.93. The van der Waals surface area contributed by atoms with Crippen molar-refractivity contribution in [3.05, 3.63) is 35.5 Å². The number of nitrogens with one attached hydrogen (secondary N) is 1. The normalized spacial score (nSPS) is 20.5. The van der Waals surface area contributed by atoms with Crippen LogP contribution in [-0.4, -0.2) is 64.3 Å². The Morgan fingerprint density at radius 2 is 2.06 bits per heavy atom. The van der Waals surface area contributed by atoms with Crippen molar-refractivity contribution in [3.8, 4) is 5.75 Å². The standard InChI is InChI=1S/C23H29F4N5O4/c1-13(2)20-29-21(30-36-20)31-10-14(12-33)7-17(11-31)32(16-4-5-16)22(34)28-9-15-3-6-18(8-19(15)24)35-23(25,26)27/h3,6,8,13-14,16-17,33H,4-5,7,9-12H2,1-2H3,(H,28,34)/t14-,17+/m0/s1. The van der Waals surface area contributed by atoms with E-state index in [4.69, 9.17) is 4.52 Å². The summed E-state index contributed by atoms with van der Waals surface area (Å²) in [7, 11) is 0. The van der Waals surface area contributed by atoms with Crippen molar-refractivity contribution in [2.45, 2.75) is 64.0 Å². The Labute approximate surface area is 205 Å². The van der Waals surface area contributed by atoms with E-state index in [2.05, 4.69) is 20.2 Å². The number of aromatic nitrogens is 2. The van der Waals surface area contributed by atoms with E-state index < -0.39 is 24.0 Å². The summed E-state index contributed by atoms with van der Waals surface area (Å²) in [6, 6.07) is 2.12. The average Bonchev–Trinajstić information content (AvgIpc) is 3.50. The molecule has 0 unspecified atom stereocenters. The number of benzene rings is 1. The maximum absolute atomic E-state index is 14.3. The van der Waals surface area contributed by atoms with Crippen LogP contribution in [-0.2, 0) is 6.54 Å². The Balaban J connectivity index is 1.44. The first-order chi connectivity index (χ1) is 17.0. The SMILES string of the molecule is CC(C)c1nc(N2C[C@@H](CO)C[C@@H](N(C(=O)NCc3ccc(OC(F)(F)F)cc3F)C3CC3)C2)no1. The number of rotatable bonds is 8. The van der Waals surface area contributed by atoms with Gasteiger partial charge in [0.2, 0.25) is 5.89 Å². The van der Waals surface area contributed by atoms with Crippen molar-refractivity contribution in [1.29, 1.82) is 0 Å². The second-order valence-electron chi connectivity index (χ2n) is 9.53. The van der Waals surface area contributed by atoms with Gasteiger partial charge in [-0.05, 0) is 30.5 Å². The molecule has 0 spiro atoms. The number of urea groups is 1. The molecule has 2 amide bonds. The molecule has 2 heterocycles. The third-order valence-corrected chi connectivity index (χ3v) is 6.24. The van der Waals surface area contributed by atoms with Crippen LogP contribution < -0.4 is 15.0 Å². The highest BCUT2D eigenvalue weighted by Crippen LogP contribution is 2.34. The quantitative estimate of drug-likeness (QED) is 0.516. The second-order valence-corrected chi connectivity index (χ2v) is 9.53. The zero-order chi connectivity index (χ0) is 26.0. The largest absolute Gasteiger partial charge is 0.573 e. The number of piperidine rings is 1. The van der Waals surface area contributed by atoms with Gasteiger partial charge in [-0.1, -0.05) is 19.9 Å². The molecule has 1 saturated heterocycles. The van der Waals surface area contributed by atoms with Crippen LogP contribution in [0, 0.1) is 11.7 Å². The zero-order valence-corrected chi connectivity index (χ0v) is 20.0. The fourth-order valence-corrected chi connectivity index (χ4v) is 4.37. The zero-order valence-electron chi connectivity index (χ0n) is 20.0. The first kappa shape index (κ1) is 26.0. The van der Waals surface area contributed by atoms with Crippen LogP contribution in [0.25, 0.3) is 0 Å². The lowest BCUT2D eigenvalue weighted by atomic mass is 9.94. The second kappa shape index (κ2) is 10.5. The Kier molecular flexibility index (Phi) is 7.57. The highest BCUT2D eigenvalue weighted by molar-refractivity contribution is 5.75. The molecule has 2 atom stereocenters. The van der Waals surface area contributed by atoms with Gasteiger partial charge in [-0.25, -0.2) is 9.18 Å². The third-order valence-electron chi connectivity index (χ3n) is 6.24. The number of hydrogen-bond donors (Lipinski definition) is 2. The van der Waals surface area contributed by atoms with Crippen LogP contribution in [0.5, 0.6) is 5.75 Å². The molecule has 2 fully saturated rings. The highest BCUT2D eigenvalue weighted by Gasteiger charge is 2.41. The van der Waals surface area contributed by atoms with E-state index >= 15 is 0 Å². The van der Waals surface area contributed by atoms with E-state index in [1.807, 2.05) is 18.7 Å². The number of anilines is 1. The van der Waals surface area contributed by atoms with Crippen molar-refractivity contribution < 1.29 is 36.7 Å². The monoisotopic (exact) mass is 515 g/mol. The number of amides is 2. The lowest BCUT2D eigenvalue weighted by Crippen LogP contribution is -2.56. The summed E-state index contributed by atoms with van der Waals surface area (Å²) in [5.41, 5.74) is 0.0279. The molecule has 1 aliphatic carbocycles. The number of hydrogen-bond acceptors (Lipinski definition) is 7. The number of ether oxygens (including phenoxy) is 1. The molecule has 2 aliphatic rings. The van der Waals surface area contributed by atoms with E-state index in [0.717, 1.165) is 25.0 Å². The van der Waals surface area contributed by atoms with Crippen LogP contribution in [0.1, 0.15) is 50.5 Å². The topological polar surface area (TPSA) is 104 Å². The number of halogens is 4. The van der Waals surface area contributed by atoms with E-state index in [9.17, 15) is 27.5 Å². The summed E-state index contributed by atoms with van der Waals surface area (Å²) in [6.45, 7) is 4.55. The molecule has 36 heavy (non-hydrogen) atoms. The molecule has 9 nitrogen and oxygen atoms in total. The first-order valence-electron chi connectivity index (χ1n) is 11.8. The number of alkyl halides is 3. The number of nitrogens with zero attached hydrogens (tertiary/aromatic N) is 4. The summed E-state index contributed by atoms with van der Waals surface area (Å²) in [5.74, 6) is -0.744. The Morgan fingerprint density at radius 1 is 1.31 bits per heavy atom. The van der Waals surface area contributed by atoms with Gasteiger partial charge in [0.1, 0.15) is 11.6 Å². The molecule has 1 aromatic carbocycles. The van der Waals surface area contributed by atoms with Crippen molar-refractivity contribution in [3.63, 3.8) is 0 Å². The lowest BCUT2D eigenvalue weighted by molar-refractivity contribution is -0.274. The van der Waals surface area contributed by atoms with Crippen molar-refractivity contribution >= 4 is 12.0 Å². The summed E-state index contributed by atoms with van der Waals surface area (Å²) in [6.07, 6.45) is -2.70. The Hall–Kier alpha value is -3.09. The molecule has 2 aromatic rings. The van der Waals surface area contributed by atoms with Crippen molar-refractivity contribution in [2.75, 3.05) is 24.6 Å². The molecule has 4 rings (SSSR count). The molecule has 13 heteroatoms. The van der Waals surface area contributed by atoms with Gasteiger partial charge in [0.05, 0.1) is 6.04 Å². The van der Waals surface area contributed by atoms with Gasteiger partial charge < -0.3 is 29.5 Å². The maximum atomic E-state index is 14.3. The molecule has 1 saturated carbocycles. The number of aliphatic hydroxyl groups excluding tert-OH is 1. The van der Waals surface area contributed by atoms with Gasteiger partial charge in [-0.15, -0.1) is 13.2 Å². The predicted octanol–water partition coefficient (Wildman–Crippen LogP) is 3.79.